The van der Waals surface area contributed by atoms with Crippen LogP contribution in [-0.4, -0.2) is 28.1 Å². The predicted octanol–water partition coefficient (Wildman–Crippen LogP) is 2.42. The van der Waals surface area contributed by atoms with Crippen molar-refractivity contribution < 1.29 is 9.90 Å². The number of hydrogen-bond acceptors (Lipinski definition) is 3. The molecule has 0 bridgehead atoms. The Bertz CT molecular complexity index is 454. The van der Waals surface area contributed by atoms with Gasteiger partial charge in [-0.2, -0.15) is 0 Å². The van der Waals surface area contributed by atoms with Gasteiger partial charge in [0.1, 0.15) is 10.3 Å². The predicted molar refractivity (Wildman–Crippen MR) is 70.0 cm³/mol. The summed E-state index contributed by atoms with van der Waals surface area (Å²) in [7, 11) is 0. The lowest BCUT2D eigenvalue weighted by Crippen LogP contribution is -2.45. The summed E-state index contributed by atoms with van der Waals surface area (Å²) < 4.78 is 0. The smallest absolute Gasteiger partial charge is 0.254 e. The number of aliphatic hydroxyl groups is 1. The lowest BCUT2D eigenvalue weighted by molar-refractivity contribution is 0.0717. The van der Waals surface area contributed by atoms with E-state index in [4.69, 9.17) is 23.2 Å². The normalized spacial score (nSPS) is 23.7. The molecule has 18 heavy (non-hydrogen) atoms. The van der Waals surface area contributed by atoms with Gasteiger partial charge in [0, 0.05) is 0 Å². The number of aliphatic hydroxyl groups excluding tert-OH is 1. The highest BCUT2D eigenvalue weighted by Crippen LogP contribution is 2.20. The molecule has 0 saturated heterocycles. The molecule has 0 spiro atoms. The Kier molecular flexibility index (Phi) is 4.43. The van der Waals surface area contributed by atoms with E-state index < -0.39 is 6.10 Å². The number of pyridine rings is 1. The highest BCUT2D eigenvalue weighted by molar-refractivity contribution is 6.34. The molecule has 0 unspecified atom stereocenters. The van der Waals surface area contributed by atoms with Crippen LogP contribution in [0.1, 0.15) is 36.0 Å². The van der Waals surface area contributed by atoms with Gasteiger partial charge in [0.2, 0.25) is 0 Å². The van der Waals surface area contributed by atoms with E-state index in [-0.39, 0.29) is 27.8 Å². The second kappa shape index (κ2) is 5.87. The van der Waals surface area contributed by atoms with Crippen LogP contribution in [0.5, 0.6) is 0 Å². The van der Waals surface area contributed by atoms with Crippen molar-refractivity contribution in [3.05, 3.63) is 28.0 Å². The van der Waals surface area contributed by atoms with E-state index >= 15 is 0 Å². The van der Waals surface area contributed by atoms with Gasteiger partial charge in [-0.25, -0.2) is 4.98 Å². The summed E-state index contributed by atoms with van der Waals surface area (Å²) in [5, 5.41) is 12.9. The molecule has 98 valence electrons. The second-order valence-electron chi connectivity index (χ2n) is 4.40. The van der Waals surface area contributed by atoms with Crippen LogP contribution in [0.2, 0.25) is 10.3 Å². The van der Waals surface area contributed by atoms with Crippen LogP contribution < -0.4 is 5.32 Å². The largest absolute Gasteiger partial charge is 0.391 e. The number of amides is 1. The lowest BCUT2D eigenvalue weighted by Gasteiger charge is -2.28. The van der Waals surface area contributed by atoms with Crippen molar-refractivity contribution in [3.63, 3.8) is 0 Å². The molecule has 0 radical (unpaired) electrons. The standard InChI is InChI=1S/C12H14Cl2N2O2/c13-10-6-5-7(11(14)16-10)12(18)15-8-3-1-2-4-9(8)17/h5-6,8-9,17H,1-4H2,(H,15,18)/t8-,9-/m0/s1. The van der Waals surface area contributed by atoms with E-state index in [1.165, 1.54) is 12.1 Å². The first-order valence-electron chi connectivity index (χ1n) is 5.89. The van der Waals surface area contributed by atoms with Crippen molar-refractivity contribution in [2.75, 3.05) is 0 Å². The Balaban J connectivity index is 2.07. The molecule has 0 aromatic carbocycles. The fourth-order valence-corrected chi connectivity index (χ4v) is 2.54. The molecule has 4 nitrogen and oxygen atoms in total. The van der Waals surface area contributed by atoms with Gasteiger partial charge in [0.25, 0.3) is 5.91 Å². The van der Waals surface area contributed by atoms with Gasteiger partial charge in [0.05, 0.1) is 17.7 Å². The van der Waals surface area contributed by atoms with Crippen molar-refractivity contribution in [2.24, 2.45) is 0 Å². The van der Waals surface area contributed by atoms with Gasteiger partial charge in [-0.3, -0.25) is 4.79 Å². The SMILES string of the molecule is O=C(N[C@H]1CCCC[C@@H]1O)c1ccc(Cl)nc1Cl. The summed E-state index contributed by atoms with van der Waals surface area (Å²) in [4.78, 5) is 15.8. The van der Waals surface area contributed by atoms with Crippen molar-refractivity contribution in [3.8, 4) is 0 Å². The number of carbonyl (C=O) groups is 1. The highest BCUT2D eigenvalue weighted by Gasteiger charge is 2.25. The summed E-state index contributed by atoms with van der Waals surface area (Å²) in [6.07, 6.45) is 3.02. The van der Waals surface area contributed by atoms with Gasteiger partial charge in [0.15, 0.2) is 0 Å². The number of hydrogen-bond donors (Lipinski definition) is 2. The van der Waals surface area contributed by atoms with Gasteiger partial charge in [-0.1, -0.05) is 36.0 Å². The van der Waals surface area contributed by atoms with E-state index in [1.807, 2.05) is 0 Å². The first kappa shape index (κ1) is 13.6. The third-order valence-electron chi connectivity index (χ3n) is 3.11. The Morgan fingerprint density at radius 1 is 1.33 bits per heavy atom. The molecular weight excluding hydrogens is 275 g/mol. The average Bonchev–Trinajstić information content (AvgIpc) is 2.32. The Morgan fingerprint density at radius 2 is 2.06 bits per heavy atom. The first-order chi connectivity index (χ1) is 8.58. The van der Waals surface area contributed by atoms with E-state index in [0.717, 1.165) is 25.7 Å². The molecule has 2 N–H and O–H groups in total. The molecule has 1 aliphatic rings. The molecule has 1 aromatic rings. The Hall–Kier alpha value is -0.840. The van der Waals surface area contributed by atoms with Crippen LogP contribution in [0.4, 0.5) is 0 Å². The van der Waals surface area contributed by atoms with Gasteiger partial charge in [-0.05, 0) is 25.0 Å². The second-order valence-corrected chi connectivity index (χ2v) is 5.15. The maximum Gasteiger partial charge on any atom is 0.254 e. The minimum atomic E-state index is -0.485. The average molecular weight is 289 g/mol. The van der Waals surface area contributed by atoms with Crippen molar-refractivity contribution >= 4 is 29.1 Å². The van der Waals surface area contributed by atoms with Crippen molar-refractivity contribution in [1.82, 2.24) is 10.3 Å². The number of rotatable bonds is 2. The van der Waals surface area contributed by atoms with Crippen LogP contribution in [0.15, 0.2) is 12.1 Å². The number of nitrogens with zero attached hydrogens (tertiary/aromatic N) is 1. The molecule has 1 saturated carbocycles. The van der Waals surface area contributed by atoms with E-state index in [2.05, 4.69) is 10.3 Å². The lowest BCUT2D eigenvalue weighted by atomic mass is 9.92. The monoisotopic (exact) mass is 288 g/mol. The topological polar surface area (TPSA) is 62.2 Å². The molecule has 2 rings (SSSR count). The minimum absolute atomic E-state index is 0.0744. The zero-order chi connectivity index (χ0) is 13.1. The minimum Gasteiger partial charge on any atom is -0.391 e. The quantitative estimate of drug-likeness (QED) is 0.822. The Morgan fingerprint density at radius 3 is 2.72 bits per heavy atom. The maximum atomic E-state index is 12.0. The van der Waals surface area contributed by atoms with Crippen LogP contribution >= 0.6 is 23.2 Å². The van der Waals surface area contributed by atoms with Gasteiger partial charge in [-0.15, -0.1) is 0 Å². The van der Waals surface area contributed by atoms with Crippen LogP contribution in [-0.2, 0) is 0 Å². The summed E-state index contributed by atoms with van der Waals surface area (Å²) in [6, 6.07) is 2.83. The fourth-order valence-electron chi connectivity index (χ4n) is 2.11. The molecule has 1 aromatic heterocycles. The summed E-state index contributed by atoms with van der Waals surface area (Å²) in [5.41, 5.74) is 0.277. The molecule has 1 amide bonds. The zero-order valence-electron chi connectivity index (χ0n) is 9.70. The summed E-state index contributed by atoms with van der Waals surface area (Å²) in [5.74, 6) is -0.324. The fraction of sp³-hybridized carbons (Fsp3) is 0.500. The third-order valence-corrected chi connectivity index (χ3v) is 3.60. The van der Waals surface area contributed by atoms with Gasteiger partial charge >= 0.3 is 0 Å². The third kappa shape index (κ3) is 3.13. The number of aromatic nitrogens is 1. The summed E-state index contributed by atoms with van der Waals surface area (Å²) >= 11 is 11.5. The molecule has 2 atom stereocenters. The van der Waals surface area contributed by atoms with Crippen LogP contribution in [0.25, 0.3) is 0 Å². The summed E-state index contributed by atoms with van der Waals surface area (Å²) in [6.45, 7) is 0. The molecular formula is C12H14Cl2N2O2. The number of halogens is 2. The molecule has 6 heteroatoms. The highest BCUT2D eigenvalue weighted by atomic mass is 35.5. The van der Waals surface area contributed by atoms with Crippen molar-refractivity contribution in [2.45, 2.75) is 37.8 Å². The zero-order valence-corrected chi connectivity index (χ0v) is 11.2. The van der Waals surface area contributed by atoms with Crippen molar-refractivity contribution in [1.29, 1.82) is 0 Å². The number of nitrogens with one attached hydrogen (secondary N) is 1. The van der Waals surface area contributed by atoms with Crippen LogP contribution in [0.3, 0.4) is 0 Å². The number of carbonyl (C=O) groups excluding carboxylic acids is 1. The van der Waals surface area contributed by atoms with E-state index in [1.54, 1.807) is 0 Å². The van der Waals surface area contributed by atoms with E-state index in [0.29, 0.717) is 0 Å². The van der Waals surface area contributed by atoms with E-state index in [9.17, 15) is 9.90 Å². The van der Waals surface area contributed by atoms with Crippen LogP contribution in [0, 0.1) is 0 Å². The molecule has 1 fully saturated rings. The molecule has 1 aliphatic carbocycles. The van der Waals surface area contributed by atoms with Gasteiger partial charge < -0.3 is 10.4 Å². The Labute approximate surface area is 115 Å². The molecule has 1 heterocycles. The maximum absolute atomic E-state index is 12.0. The molecule has 0 aliphatic heterocycles. The first-order valence-corrected chi connectivity index (χ1v) is 6.64.